The lowest BCUT2D eigenvalue weighted by atomic mass is 10.3. The van der Waals surface area contributed by atoms with Crippen LogP contribution in [0.15, 0.2) is 24.8 Å². The number of nitrogens with zero attached hydrogens (tertiary/aromatic N) is 3. The highest BCUT2D eigenvalue weighted by Crippen LogP contribution is 2.29. The monoisotopic (exact) mass is 200 g/mol. The first-order chi connectivity index (χ1) is 7.43. The van der Waals surface area contributed by atoms with Crippen molar-refractivity contribution >= 4 is 16.7 Å². The average molecular weight is 200 g/mol. The molecule has 0 aliphatic heterocycles. The molecule has 1 N–H and O–H groups in total. The van der Waals surface area contributed by atoms with Crippen LogP contribution in [0.25, 0.3) is 10.9 Å². The number of nitrogens with one attached hydrogen (secondary N) is 1. The average Bonchev–Trinajstić information content (AvgIpc) is 3.10. The number of rotatable bonds is 3. The third-order valence-electron chi connectivity index (χ3n) is 2.69. The topological polar surface area (TPSA) is 50.7 Å². The Balaban J connectivity index is 1.93. The highest BCUT2D eigenvalue weighted by atomic mass is 15.0. The number of aromatic nitrogens is 3. The number of hydrogen-bond donors (Lipinski definition) is 1. The molecule has 2 aromatic rings. The van der Waals surface area contributed by atoms with Gasteiger partial charge >= 0.3 is 0 Å². The Labute approximate surface area is 87.8 Å². The van der Waals surface area contributed by atoms with Crippen molar-refractivity contribution in [2.75, 3.05) is 11.9 Å². The molecule has 4 nitrogen and oxygen atoms in total. The van der Waals surface area contributed by atoms with Crippen LogP contribution in [0.3, 0.4) is 0 Å². The number of anilines is 1. The Bertz CT molecular complexity index is 473. The molecule has 76 valence electrons. The smallest absolute Gasteiger partial charge is 0.138 e. The highest BCUT2D eigenvalue weighted by Gasteiger charge is 2.21. The van der Waals surface area contributed by atoms with E-state index >= 15 is 0 Å². The van der Waals surface area contributed by atoms with Gasteiger partial charge in [-0.1, -0.05) is 0 Å². The second kappa shape index (κ2) is 3.46. The van der Waals surface area contributed by atoms with Crippen molar-refractivity contribution in [3.05, 3.63) is 24.8 Å². The molecule has 2 aromatic heterocycles. The Kier molecular flexibility index (Phi) is 1.98. The summed E-state index contributed by atoms with van der Waals surface area (Å²) in [4.78, 5) is 12.5. The molecule has 0 atom stereocenters. The summed E-state index contributed by atoms with van der Waals surface area (Å²) >= 11 is 0. The maximum absolute atomic E-state index is 4.24. The van der Waals surface area contributed by atoms with E-state index in [4.69, 9.17) is 0 Å². The van der Waals surface area contributed by atoms with Gasteiger partial charge in [0.25, 0.3) is 0 Å². The van der Waals surface area contributed by atoms with Gasteiger partial charge in [-0.25, -0.2) is 9.97 Å². The van der Waals surface area contributed by atoms with Gasteiger partial charge in [0.1, 0.15) is 12.1 Å². The van der Waals surface area contributed by atoms with Gasteiger partial charge in [-0.05, 0) is 24.8 Å². The molecule has 1 aliphatic rings. The van der Waals surface area contributed by atoms with E-state index in [9.17, 15) is 0 Å². The summed E-state index contributed by atoms with van der Waals surface area (Å²) in [7, 11) is 0. The van der Waals surface area contributed by atoms with Crippen LogP contribution in [0.5, 0.6) is 0 Å². The maximum Gasteiger partial charge on any atom is 0.138 e. The van der Waals surface area contributed by atoms with Crippen molar-refractivity contribution in [3.63, 3.8) is 0 Å². The van der Waals surface area contributed by atoms with Crippen LogP contribution in [0.2, 0.25) is 0 Å². The molecule has 3 rings (SSSR count). The van der Waals surface area contributed by atoms with Crippen LogP contribution in [0, 0.1) is 5.92 Å². The lowest BCUT2D eigenvalue weighted by molar-refractivity contribution is 0.883. The summed E-state index contributed by atoms with van der Waals surface area (Å²) in [6.07, 6.45) is 7.84. The highest BCUT2D eigenvalue weighted by molar-refractivity contribution is 5.87. The first-order valence-electron chi connectivity index (χ1n) is 5.22. The van der Waals surface area contributed by atoms with E-state index in [1.165, 1.54) is 12.8 Å². The third kappa shape index (κ3) is 1.75. The molecule has 1 aliphatic carbocycles. The minimum absolute atomic E-state index is 0.840. The van der Waals surface area contributed by atoms with Gasteiger partial charge in [0.05, 0.1) is 10.9 Å². The molecular weight excluding hydrogens is 188 g/mol. The predicted molar refractivity (Wildman–Crippen MR) is 58.5 cm³/mol. The number of fused-ring (bicyclic) bond motifs is 1. The fraction of sp³-hybridized carbons (Fsp3) is 0.364. The zero-order valence-electron chi connectivity index (χ0n) is 8.35. The quantitative estimate of drug-likeness (QED) is 0.821. The molecule has 0 saturated heterocycles. The van der Waals surface area contributed by atoms with Gasteiger partial charge < -0.3 is 5.32 Å². The lowest BCUT2D eigenvalue weighted by Gasteiger charge is -2.06. The van der Waals surface area contributed by atoms with Gasteiger partial charge in [0.15, 0.2) is 0 Å². The van der Waals surface area contributed by atoms with Crippen molar-refractivity contribution in [3.8, 4) is 0 Å². The number of pyridine rings is 1. The standard InChI is InChI=1S/C11H12N4/c1-2-8(1)5-13-11-9-6-12-4-3-10(9)14-7-15-11/h3-4,6-8H,1-2,5H2,(H,13,14,15). The van der Waals surface area contributed by atoms with Gasteiger partial charge in [-0.15, -0.1) is 0 Å². The molecule has 0 bridgehead atoms. The van der Waals surface area contributed by atoms with Crippen LogP contribution in [0.4, 0.5) is 5.82 Å². The van der Waals surface area contributed by atoms with Crippen LogP contribution in [0.1, 0.15) is 12.8 Å². The molecule has 4 heteroatoms. The molecule has 1 fully saturated rings. The second-order valence-electron chi connectivity index (χ2n) is 3.94. The van der Waals surface area contributed by atoms with Crippen LogP contribution in [-0.2, 0) is 0 Å². The molecular formula is C11H12N4. The Hall–Kier alpha value is -1.71. The SMILES string of the molecule is c1cc2ncnc(NCC3CC3)c2cn1. The predicted octanol–water partition coefficient (Wildman–Crippen LogP) is 1.85. The summed E-state index contributed by atoms with van der Waals surface area (Å²) in [6, 6.07) is 1.90. The molecule has 0 spiro atoms. The third-order valence-corrected chi connectivity index (χ3v) is 2.69. The molecule has 15 heavy (non-hydrogen) atoms. The van der Waals surface area contributed by atoms with E-state index in [-0.39, 0.29) is 0 Å². The molecule has 0 radical (unpaired) electrons. The Morgan fingerprint density at radius 3 is 3.13 bits per heavy atom. The fourth-order valence-electron chi connectivity index (χ4n) is 1.60. The van der Waals surface area contributed by atoms with Gasteiger partial charge in [0, 0.05) is 18.9 Å². The van der Waals surface area contributed by atoms with E-state index in [2.05, 4.69) is 20.3 Å². The molecule has 0 amide bonds. The summed E-state index contributed by atoms with van der Waals surface area (Å²) in [6.45, 7) is 1.01. The number of hydrogen-bond acceptors (Lipinski definition) is 4. The Morgan fingerprint density at radius 2 is 2.27 bits per heavy atom. The van der Waals surface area contributed by atoms with E-state index in [0.29, 0.717) is 0 Å². The van der Waals surface area contributed by atoms with E-state index in [0.717, 1.165) is 29.2 Å². The Morgan fingerprint density at radius 1 is 1.33 bits per heavy atom. The zero-order valence-corrected chi connectivity index (χ0v) is 8.35. The largest absolute Gasteiger partial charge is 0.369 e. The lowest BCUT2D eigenvalue weighted by Crippen LogP contribution is -2.05. The molecule has 1 saturated carbocycles. The van der Waals surface area contributed by atoms with Crippen LogP contribution in [-0.4, -0.2) is 21.5 Å². The minimum atomic E-state index is 0.840. The fourth-order valence-corrected chi connectivity index (χ4v) is 1.60. The van der Waals surface area contributed by atoms with Crippen LogP contribution < -0.4 is 5.32 Å². The minimum Gasteiger partial charge on any atom is -0.369 e. The maximum atomic E-state index is 4.24. The molecule has 0 unspecified atom stereocenters. The first kappa shape index (κ1) is 8.59. The van der Waals surface area contributed by atoms with E-state index in [1.54, 1.807) is 12.5 Å². The molecule has 2 heterocycles. The van der Waals surface area contributed by atoms with Gasteiger partial charge in [0.2, 0.25) is 0 Å². The summed E-state index contributed by atoms with van der Waals surface area (Å²) in [5.74, 6) is 1.74. The van der Waals surface area contributed by atoms with E-state index in [1.807, 2.05) is 12.3 Å². The summed E-state index contributed by atoms with van der Waals surface area (Å²) in [5.41, 5.74) is 0.943. The van der Waals surface area contributed by atoms with Crippen molar-refractivity contribution in [1.29, 1.82) is 0 Å². The van der Waals surface area contributed by atoms with Crippen molar-refractivity contribution in [2.24, 2.45) is 5.92 Å². The zero-order chi connectivity index (χ0) is 10.1. The summed E-state index contributed by atoms with van der Waals surface area (Å²) in [5, 5.41) is 4.36. The first-order valence-corrected chi connectivity index (χ1v) is 5.22. The van der Waals surface area contributed by atoms with Crippen LogP contribution >= 0.6 is 0 Å². The van der Waals surface area contributed by atoms with Gasteiger partial charge in [-0.2, -0.15) is 0 Å². The van der Waals surface area contributed by atoms with E-state index < -0.39 is 0 Å². The van der Waals surface area contributed by atoms with Crippen molar-refractivity contribution in [1.82, 2.24) is 15.0 Å². The second-order valence-corrected chi connectivity index (χ2v) is 3.94. The normalized spacial score (nSPS) is 15.5. The molecule has 0 aromatic carbocycles. The summed E-state index contributed by atoms with van der Waals surface area (Å²) < 4.78 is 0. The van der Waals surface area contributed by atoms with Crippen molar-refractivity contribution in [2.45, 2.75) is 12.8 Å². The van der Waals surface area contributed by atoms with Gasteiger partial charge in [-0.3, -0.25) is 4.98 Å². The van der Waals surface area contributed by atoms with Crippen molar-refractivity contribution < 1.29 is 0 Å².